The van der Waals surface area contributed by atoms with Gasteiger partial charge in [0.15, 0.2) is 0 Å². The molecule has 1 aliphatic rings. The third-order valence-corrected chi connectivity index (χ3v) is 2.96. The number of aliphatic hydroxyl groups excluding tert-OH is 2. The van der Waals surface area contributed by atoms with Gasteiger partial charge in [0.05, 0.1) is 12.7 Å². The average molecular weight is 238 g/mol. The van der Waals surface area contributed by atoms with Gasteiger partial charge in [-0.05, 0) is 36.1 Å². The van der Waals surface area contributed by atoms with Crippen molar-refractivity contribution in [3.8, 4) is 5.75 Å². The molecule has 0 saturated carbocycles. The zero-order chi connectivity index (χ0) is 12.3. The van der Waals surface area contributed by atoms with E-state index in [1.807, 2.05) is 18.2 Å². The molecule has 17 heavy (non-hydrogen) atoms. The highest BCUT2D eigenvalue weighted by molar-refractivity contribution is 5.39. The number of rotatable bonds is 5. The molecule has 1 aromatic carbocycles. The first-order valence-corrected chi connectivity index (χ1v) is 5.81. The lowest BCUT2D eigenvalue weighted by Crippen LogP contribution is -2.22. The molecule has 0 spiro atoms. The smallest absolute Gasteiger partial charge is 0.119 e. The molecule has 1 aliphatic carbocycles. The van der Waals surface area contributed by atoms with E-state index in [0.29, 0.717) is 0 Å². The predicted molar refractivity (Wildman–Crippen MR) is 63.1 cm³/mol. The second-order valence-corrected chi connectivity index (χ2v) is 4.34. The fourth-order valence-electron chi connectivity index (χ4n) is 2.09. The summed E-state index contributed by atoms with van der Waals surface area (Å²) in [6.45, 7) is 0.485. The van der Waals surface area contributed by atoms with Gasteiger partial charge in [0, 0.05) is 7.11 Å². The van der Waals surface area contributed by atoms with Crippen LogP contribution in [0.4, 0.5) is 0 Å². The van der Waals surface area contributed by atoms with Crippen molar-refractivity contribution < 1.29 is 19.7 Å². The van der Waals surface area contributed by atoms with Crippen LogP contribution in [0, 0.1) is 0 Å². The van der Waals surface area contributed by atoms with Gasteiger partial charge in [0.1, 0.15) is 18.5 Å². The molecule has 2 rings (SSSR count). The molecular formula is C13H18O4. The molecule has 94 valence electrons. The highest BCUT2D eigenvalue weighted by Crippen LogP contribution is 2.33. The maximum atomic E-state index is 9.66. The zero-order valence-corrected chi connectivity index (χ0v) is 9.93. The number of ether oxygens (including phenoxy) is 2. The van der Waals surface area contributed by atoms with E-state index in [4.69, 9.17) is 9.47 Å². The Kier molecular flexibility index (Phi) is 3.99. The molecule has 2 N–H and O–H groups in total. The van der Waals surface area contributed by atoms with Crippen LogP contribution in [0.15, 0.2) is 18.2 Å². The van der Waals surface area contributed by atoms with Crippen LogP contribution in [0.1, 0.15) is 23.7 Å². The molecule has 2 unspecified atom stereocenters. The Bertz CT molecular complexity index is 378. The van der Waals surface area contributed by atoms with Crippen molar-refractivity contribution >= 4 is 0 Å². The lowest BCUT2D eigenvalue weighted by atomic mass is 10.1. The van der Waals surface area contributed by atoms with Gasteiger partial charge in [-0.25, -0.2) is 0 Å². The number of hydrogen-bond donors (Lipinski definition) is 2. The summed E-state index contributed by atoms with van der Waals surface area (Å²) in [6.07, 6.45) is 0.719. The molecule has 2 atom stereocenters. The Morgan fingerprint density at radius 1 is 1.41 bits per heavy atom. The molecule has 0 aromatic heterocycles. The largest absolute Gasteiger partial charge is 0.491 e. The molecule has 4 nitrogen and oxygen atoms in total. The van der Waals surface area contributed by atoms with Crippen molar-refractivity contribution in [3.63, 3.8) is 0 Å². The van der Waals surface area contributed by atoms with Crippen molar-refractivity contribution in [2.24, 2.45) is 0 Å². The number of aryl methyl sites for hydroxylation is 1. The summed E-state index contributed by atoms with van der Waals surface area (Å²) in [5, 5.41) is 19.1. The molecule has 0 radical (unpaired) electrons. The second kappa shape index (κ2) is 5.49. The van der Waals surface area contributed by atoms with Crippen LogP contribution in [0.25, 0.3) is 0 Å². The van der Waals surface area contributed by atoms with Crippen molar-refractivity contribution in [1.29, 1.82) is 0 Å². The second-order valence-electron chi connectivity index (χ2n) is 4.34. The molecule has 0 aliphatic heterocycles. The fraction of sp³-hybridized carbons (Fsp3) is 0.538. The van der Waals surface area contributed by atoms with Crippen LogP contribution in [-0.4, -0.2) is 36.6 Å². The van der Waals surface area contributed by atoms with Crippen LogP contribution in [0.2, 0.25) is 0 Å². The van der Waals surface area contributed by atoms with Crippen molar-refractivity contribution in [3.05, 3.63) is 29.3 Å². The highest BCUT2D eigenvalue weighted by Gasteiger charge is 2.20. The zero-order valence-electron chi connectivity index (χ0n) is 9.93. The third kappa shape index (κ3) is 2.97. The summed E-state index contributed by atoms with van der Waals surface area (Å²) in [5.74, 6) is 0.730. The SMILES string of the molecule is COCC(O)COc1ccc2c(c1)CCC2O. The topological polar surface area (TPSA) is 58.9 Å². The van der Waals surface area contributed by atoms with E-state index in [1.165, 1.54) is 0 Å². The van der Waals surface area contributed by atoms with E-state index in [0.717, 1.165) is 29.7 Å². The van der Waals surface area contributed by atoms with Crippen LogP contribution in [0.5, 0.6) is 5.75 Å². The summed E-state index contributed by atoms with van der Waals surface area (Å²) in [6, 6.07) is 5.66. The number of fused-ring (bicyclic) bond motifs is 1. The first-order chi connectivity index (χ1) is 8.20. The maximum Gasteiger partial charge on any atom is 0.119 e. The van der Waals surface area contributed by atoms with E-state index in [2.05, 4.69) is 0 Å². The van der Waals surface area contributed by atoms with E-state index in [1.54, 1.807) is 7.11 Å². The van der Waals surface area contributed by atoms with Crippen molar-refractivity contribution in [1.82, 2.24) is 0 Å². The quantitative estimate of drug-likeness (QED) is 0.805. The first kappa shape index (κ1) is 12.4. The maximum absolute atomic E-state index is 9.66. The van der Waals surface area contributed by atoms with Gasteiger partial charge in [-0.15, -0.1) is 0 Å². The van der Waals surface area contributed by atoms with Gasteiger partial charge >= 0.3 is 0 Å². The summed E-state index contributed by atoms with van der Waals surface area (Å²) in [5.41, 5.74) is 2.13. The third-order valence-electron chi connectivity index (χ3n) is 2.96. The molecule has 0 heterocycles. The summed E-state index contributed by atoms with van der Waals surface area (Å²) in [4.78, 5) is 0. The normalized spacial score (nSPS) is 20.1. The van der Waals surface area contributed by atoms with Gasteiger partial charge in [-0.1, -0.05) is 6.07 Å². The summed E-state index contributed by atoms with van der Waals surface area (Å²) >= 11 is 0. The van der Waals surface area contributed by atoms with Gasteiger partial charge < -0.3 is 19.7 Å². The Balaban J connectivity index is 1.94. The molecule has 0 bridgehead atoms. The van der Waals surface area contributed by atoms with Gasteiger partial charge in [-0.2, -0.15) is 0 Å². The Hall–Kier alpha value is -1.10. The number of aliphatic hydroxyl groups is 2. The minimum atomic E-state index is -0.612. The highest BCUT2D eigenvalue weighted by atomic mass is 16.5. The molecule has 1 aromatic rings. The van der Waals surface area contributed by atoms with Crippen LogP contribution < -0.4 is 4.74 Å². The average Bonchev–Trinajstić information content (AvgIpc) is 2.69. The van der Waals surface area contributed by atoms with Gasteiger partial charge in [0.2, 0.25) is 0 Å². The molecular weight excluding hydrogens is 220 g/mol. The van der Waals surface area contributed by atoms with Gasteiger partial charge in [0.25, 0.3) is 0 Å². The molecule has 4 heteroatoms. The van der Waals surface area contributed by atoms with Crippen LogP contribution in [0.3, 0.4) is 0 Å². The van der Waals surface area contributed by atoms with Crippen LogP contribution in [-0.2, 0) is 11.2 Å². The van der Waals surface area contributed by atoms with Crippen molar-refractivity contribution in [2.75, 3.05) is 20.3 Å². The van der Waals surface area contributed by atoms with Crippen LogP contribution >= 0.6 is 0 Å². The van der Waals surface area contributed by atoms with E-state index in [9.17, 15) is 10.2 Å². The van der Waals surface area contributed by atoms with E-state index >= 15 is 0 Å². The molecule has 0 amide bonds. The van der Waals surface area contributed by atoms with E-state index < -0.39 is 6.10 Å². The predicted octanol–water partition coefficient (Wildman–Crippen LogP) is 1.05. The first-order valence-electron chi connectivity index (χ1n) is 5.81. The monoisotopic (exact) mass is 238 g/mol. The number of hydrogen-bond acceptors (Lipinski definition) is 4. The Morgan fingerprint density at radius 3 is 3.00 bits per heavy atom. The Morgan fingerprint density at radius 2 is 2.24 bits per heavy atom. The summed E-state index contributed by atoms with van der Waals surface area (Å²) in [7, 11) is 1.54. The number of benzene rings is 1. The fourth-order valence-corrected chi connectivity index (χ4v) is 2.09. The van der Waals surface area contributed by atoms with Crippen molar-refractivity contribution in [2.45, 2.75) is 25.0 Å². The lowest BCUT2D eigenvalue weighted by Gasteiger charge is -2.12. The standard InChI is InChI=1S/C13H18O4/c1-16-7-10(14)8-17-11-3-4-12-9(6-11)2-5-13(12)15/h3-4,6,10,13-15H,2,5,7-8H2,1H3. The minimum absolute atomic E-state index is 0.217. The molecule has 0 fully saturated rings. The Labute approximate surface area is 101 Å². The summed E-state index contributed by atoms with van der Waals surface area (Å²) < 4.78 is 10.3. The molecule has 0 saturated heterocycles. The lowest BCUT2D eigenvalue weighted by molar-refractivity contribution is 0.0325. The minimum Gasteiger partial charge on any atom is -0.491 e. The van der Waals surface area contributed by atoms with Gasteiger partial charge in [-0.3, -0.25) is 0 Å². The number of methoxy groups -OCH3 is 1. The van der Waals surface area contributed by atoms with E-state index in [-0.39, 0.29) is 19.3 Å².